The van der Waals surface area contributed by atoms with Crippen molar-refractivity contribution in [2.24, 2.45) is 0 Å². The highest BCUT2D eigenvalue weighted by atomic mass is 35.5. The van der Waals surface area contributed by atoms with E-state index in [1.807, 2.05) is 0 Å². The predicted octanol–water partition coefficient (Wildman–Crippen LogP) is 11.2. The molecule has 0 heterocycles. The van der Waals surface area contributed by atoms with Crippen LogP contribution in [0, 0.1) is 0 Å². The van der Waals surface area contributed by atoms with Crippen LogP contribution in [0.1, 0.15) is 22.3 Å². The maximum atomic E-state index is 11.2. The Morgan fingerprint density at radius 3 is 1.68 bits per heavy atom. The largest absolute Gasteiger partial charge is 0.506 e. The summed E-state index contributed by atoms with van der Waals surface area (Å²) in [5.74, 6) is -1.35. The van der Waals surface area contributed by atoms with Gasteiger partial charge in [-0.15, -0.1) is 0 Å². The molecule has 206 valence electrons. The van der Waals surface area contributed by atoms with Gasteiger partial charge in [-0.1, -0.05) is 92.8 Å². The third kappa shape index (κ3) is 4.93. The summed E-state index contributed by atoms with van der Waals surface area (Å²) in [6.45, 7) is 0. The predicted molar refractivity (Wildman–Crippen MR) is 166 cm³/mol. The van der Waals surface area contributed by atoms with Gasteiger partial charge in [0.15, 0.2) is 5.75 Å². The molecular formula is C28H14Cl8O4. The second-order valence-electron chi connectivity index (χ2n) is 8.95. The van der Waals surface area contributed by atoms with E-state index in [2.05, 4.69) is 0 Å². The molecule has 4 aromatic rings. The Bertz CT molecular complexity index is 1780. The monoisotopic (exact) mass is 694 g/mol. The third-order valence-electron chi connectivity index (χ3n) is 6.58. The fourth-order valence-corrected chi connectivity index (χ4v) is 6.85. The zero-order chi connectivity index (χ0) is 29.2. The van der Waals surface area contributed by atoms with Crippen molar-refractivity contribution in [1.82, 2.24) is 0 Å². The molecule has 6 bridgehead atoms. The maximum Gasteiger partial charge on any atom is 0.153 e. The highest BCUT2D eigenvalue weighted by molar-refractivity contribution is 6.66. The molecule has 0 aliphatic heterocycles. The van der Waals surface area contributed by atoms with Crippen LogP contribution in [0.15, 0.2) is 36.4 Å². The van der Waals surface area contributed by atoms with Crippen LogP contribution in [-0.4, -0.2) is 20.4 Å². The fourth-order valence-electron chi connectivity index (χ4n) is 4.59. The maximum absolute atomic E-state index is 11.2. The van der Waals surface area contributed by atoms with E-state index in [1.165, 1.54) is 24.3 Å². The normalized spacial score (nSPS) is 14.9. The average molecular weight is 698 g/mol. The molecule has 0 amide bonds. The van der Waals surface area contributed by atoms with Crippen LogP contribution in [0.4, 0.5) is 0 Å². The Balaban J connectivity index is 1.93. The molecular weight excluding hydrogens is 684 g/mol. The van der Waals surface area contributed by atoms with E-state index in [0.29, 0.717) is 23.1 Å². The number of aryl methyl sites for hydroxylation is 1. The molecule has 0 aromatic heterocycles. The average Bonchev–Trinajstić information content (AvgIpc) is 2.91. The molecule has 0 radical (unpaired) electrons. The molecule has 6 rings (SSSR count). The Hall–Kier alpha value is -1.86. The number of aromatic hydroxyl groups is 4. The van der Waals surface area contributed by atoms with Gasteiger partial charge in [0.25, 0.3) is 0 Å². The number of phenols is 4. The van der Waals surface area contributed by atoms with Gasteiger partial charge >= 0.3 is 0 Å². The summed E-state index contributed by atoms with van der Waals surface area (Å²) in [7, 11) is 0. The topological polar surface area (TPSA) is 80.9 Å². The van der Waals surface area contributed by atoms with Gasteiger partial charge in [-0.05, 0) is 71.5 Å². The lowest BCUT2D eigenvalue weighted by atomic mass is 9.91. The van der Waals surface area contributed by atoms with E-state index < -0.39 is 0 Å². The summed E-state index contributed by atoms with van der Waals surface area (Å²) in [5, 5.41) is 42.9. The molecule has 0 spiro atoms. The van der Waals surface area contributed by atoms with Gasteiger partial charge in [0.05, 0.1) is 40.2 Å². The number of hydrogen-bond donors (Lipinski definition) is 4. The lowest BCUT2D eigenvalue weighted by Gasteiger charge is -2.20. The lowest BCUT2D eigenvalue weighted by molar-refractivity contribution is 0.469. The number of hydrogen-bond acceptors (Lipinski definition) is 4. The van der Waals surface area contributed by atoms with Crippen molar-refractivity contribution < 1.29 is 20.4 Å². The zero-order valence-electron chi connectivity index (χ0n) is 19.7. The van der Waals surface area contributed by atoms with Crippen molar-refractivity contribution >= 4 is 103 Å². The number of benzene rings is 4. The highest BCUT2D eigenvalue weighted by Crippen LogP contribution is 2.52. The van der Waals surface area contributed by atoms with E-state index in [1.54, 1.807) is 12.1 Å². The lowest BCUT2D eigenvalue weighted by Crippen LogP contribution is -1.99. The summed E-state index contributed by atoms with van der Waals surface area (Å²) in [6, 6.07) is 8.90. The summed E-state index contributed by atoms with van der Waals surface area (Å²) in [6.07, 6.45) is 0.511. The molecule has 4 N–H and O–H groups in total. The number of fused-ring (bicyclic) bond motifs is 3. The molecule has 40 heavy (non-hydrogen) atoms. The second-order valence-corrected chi connectivity index (χ2v) is 12.1. The van der Waals surface area contributed by atoms with Crippen LogP contribution in [-0.2, 0) is 12.8 Å². The van der Waals surface area contributed by atoms with Crippen LogP contribution in [0.25, 0.3) is 32.3 Å². The smallest absolute Gasteiger partial charge is 0.153 e. The molecule has 0 atom stereocenters. The molecule has 0 saturated carbocycles. The number of halogens is 8. The first-order valence-electron chi connectivity index (χ1n) is 11.3. The van der Waals surface area contributed by atoms with E-state index in [9.17, 15) is 20.4 Å². The second kappa shape index (κ2) is 11.1. The molecule has 4 aromatic carbocycles. The van der Waals surface area contributed by atoms with Crippen molar-refractivity contribution in [2.75, 3.05) is 0 Å². The molecule has 4 nitrogen and oxygen atoms in total. The summed E-state index contributed by atoms with van der Waals surface area (Å²) >= 11 is 52.1. The highest BCUT2D eigenvalue weighted by Gasteiger charge is 2.26. The Labute approximate surface area is 268 Å². The van der Waals surface area contributed by atoms with Crippen LogP contribution in [0.3, 0.4) is 0 Å². The van der Waals surface area contributed by atoms with E-state index in [-0.39, 0.29) is 97.4 Å². The van der Waals surface area contributed by atoms with Crippen LogP contribution < -0.4 is 0 Å². The van der Waals surface area contributed by atoms with Gasteiger partial charge in [-0.25, -0.2) is 0 Å². The minimum Gasteiger partial charge on any atom is -0.506 e. The van der Waals surface area contributed by atoms with Gasteiger partial charge in [0, 0.05) is 22.3 Å². The van der Waals surface area contributed by atoms with E-state index >= 15 is 0 Å². The summed E-state index contributed by atoms with van der Waals surface area (Å²) < 4.78 is 0. The first-order valence-corrected chi connectivity index (χ1v) is 14.4. The van der Waals surface area contributed by atoms with Crippen LogP contribution in [0.5, 0.6) is 23.0 Å². The molecule has 12 heteroatoms. The van der Waals surface area contributed by atoms with Gasteiger partial charge in [0.1, 0.15) is 17.2 Å². The Morgan fingerprint density at radius 1 is 0.450 bits per heavy atom. The Morgan fingerprint density at radius 2 is 1.00 bits per heavy atom. The summed E-state index contributed by atoms with van der Waals surface area (Å²) in [4.78, 5) is 0. The molecule has 2 aliphatic rings. The van der Waals surface area contributed by atoms with Crippen LogP contribution in [0.2, 0.25) is 30.1 Å². The van der Waals surface area contributed by atoms with Crippen molar-refractivity contribution in [1.29, 1.82) is 0 Å². The zero-order valence-corrected chi connectivity index (χ0v) is 25.7. The minimum atomic E-state index is -0.380. The fraction of sp³-hybridized carbons (Fsp3) is 0.0714. The Kier molecular flexibility index (Phi) is 8.21. The van der Waals surface area contributed by atoms with Gasteiger partial charge < -0.3 is 20.4 Å². The molecule has 0 unspecified atom stereocenters. The van der Waals surface area contributed by atoms with Crippen molar-refractivity contribution in [3.05, 3.63) is 88.8 Å². The SMILES string of the molecule is Oc1c(Cl)cc2cc1-c1cc(cc(Cl)c1O)/C(Cl)=C(/Cl)c1c(Cl)cc(c(O)c1Cl)-c1cc(Cl)c(O)c(Cl)c1CC2. The van der Waals surface area contributed by atoms with Gasteiger partial charge in [0.2, 0.25) is 0 Å². The van der Waals surface area contributed by atoms with E-state index in [0.717, 1.165) is 0 Å². The van der Waals surface area contributed by atoms with Crippen molar-refractivity contribution in [2.45, 2.75) is 12.8 Å². The number of rotatable bonds is 0. The van der Waals surface area contributed by atoms with Gasteiger partial charge in [-0.2, -0.15) is 0 Å². The number of phenolic OH excluding ortho intramolecular Hbond substituents is 4. The van der Waals surface area contributed by atoms with E-state index in [4.69, 9.17) is 92.8 Å². The standard InChI is InChI=1S/C28H14Cl8O4/c29-16-8-15-12-7-19(32)28(40)22(34)11(12)2-1-9-3-13(25(37)17(30)4-9)14-5-10(6-18(31)26(14)38)21(33)23(35)20(16)24(36)27(15)39/h3-8,37-40H,1-2H2/b23-21-. The van der Waals surface area contributed by atoms with Crippen molar-refractivity contribution in [3.8, 4) is 45.3 Å². The molecule has 0 fully saturated rings. The first-order chi connectivity index (χ1) is 18.8. The summed E-state index contributed by atoms with van der Waals surface area (Å²) in [5.41, 5.74) is 2.19. The van der Waals surface area contributed by atoms with Crippen LogP contribution >= 0.6 is 92.8 Å². The molecule has 2 aliphatic carbocycles. The first kappa shape index (κ1) is 29.6. The quantitative estimate of drug-likeness (QED) is 0.147. The van der Waals surface area contributed by atoms with Crippen molar-refractivity contribution in [3.63, 3.8) is 0 Å². The third-order valence-corrected chi connectivity index (χ3v) is 9.40. The van der Waals surface area contributed by atoms with Gasteiger partial charge in [-0.3, -0.25) is 0 Å². The molecule has 0 saturated heterocycles. The minimum absolute atomic E-state index is 0.0190.